The molecule has 0 radical (unpaired) electrons. The Morgan fingerprint density at radius 2 is 2.16 bits per heavy atom. The molecule has 0 saturated carbocycles. The molecule has 1 aliphatic rings. The van der Waals surface area contributed by atoms with Crippen LogP contribution < -0.4 is 5.73 Å². The molecule has 13 heteroatoms. The van der Waals surface area contributed by atoms with Gasteiger partial charge in [0.15, 0.2) is 17.7 Å². The second-order valence-electron chi connectivity index (χ2n) is 5.34. The Morgan fingerprint density at radius 3 is 2.84 bits per heavy atom. The van der Waals surface area contributed by atoms with E-state index in [1.807, 2.05) is 0 Å². The number of aliphatic hydroxyl groups excluding tert-OH is 1. The van der Waals surface area contributed by atoms with Crippen LogP contribution in [-0.2, 0) is 18.6 Å². The van der Waals surface area contributed by atoms with Crippen molar-refractivity contribution in [2.45, 2.75) is 31.5 Å². The van der Waals surface area contributed by atoms with Crippen LogP contribution in [0.15, 0.2) is 12.7 Å². The van der Waals surface area contributed by atoms with Crippen LogP contribution in [0.4, 0.5) is 5.82 Å². The van der Waals surface area contributed by atoms with Gasteiger partial charge in [0.25, 0.3) is 0 Å². The fourth-order valence-corrected chi connectivity index (χ4v) is 3.02. The van der Waals surface area contributed by atoms with Crippen LogP contribution in [0, 0.1) is 0 Å². The smallest absolute Gasteiger partial charge is 0.387 e. The highest BCUT2D eigenvalue weighted by molar-refractivity contribution is 7.46. The summed E-state index contributed by atoms with van der Waals surface area (Å²) in [5.41, 5.74) is 6.50. The van der Waals surface area contributed by atoms with Gasteiger partial charge in [-0.3, -0.25) is 9.09 Å². The fraction of sp³-hybridized carbons (Fsp3) is 0.583. The van der Waals surface area contributed by atoms with Crippen molar-refractivity contribution in [3.63, 3.8) is 0 Å². The summed E-state index contributed by atoms with van der Waals surface area (Å²) in [5, 5.41) is 10.4. The molecule has 0 spiro atoms. The first-order valence-corrected chi connectivity index (χ1v) is 8.93. The number of hydrogen-bond donors (Lipinski definition) is 4. The van der Waals surface area contributed by atoms with Crippen molar-refractivity contribution in [2.24, 2.45) is 0 Å². The van der Waals surface area contributed by atoms with Crippen LogP contribution in [0.2, 0.25) is 0 Å². The zero-order chi connectivity index (χ0) is 18.2. The van der Waals surface area contributed by atoms with E-state index >= 15 is 0 Å². The van der Waals surface area contributed by atoms with Crippen LogP contribution in [0.5, 0.6) is 0 Å². The number of fused-ring (bicyclic) bond motifs is 1. The molecule has 0 aliphatic carbocycles. The predicted molar refractivity (Wildman–Crippen MR) is 83.1 cm³/mol. The lowest BCUT2D eigenvalue weighted by molar-refractivity contribution is -0.0673. The van der Waals surface area contributed by atoms with Crippen molar-refractivity contribution in [1.82, 2.24) is 19.5 Å². The van der Waals surface area contributed by atoms with Gasteiger partial charge in [0.1, 0.15) is 30.2 Å². The molecule has 1 saturated heterocycles. The number of ether oxygens (including phenoxy) is 2. The minimum absolute atomic E-state index is 0.191. The van der Waals surface area contributed by atoms with Crippen molar-refractivity contribution in [2.75, 3.05) is 18.9 Å². The number of imidazole rings is 1. The van der Waals surface area contributed by atoms with Gasteiger partial charge < -0.3 is 30.1 Å². The summed E-state index contributed by atoms with van der Waals surface area (Å²) in [6.07, 6.45) is -1.14. The number of anilines is 1. The standard InChI is InChI=1S/C12H18N5O7P/c1-2-22-9-8(18)6(3-23-25(19,20)21)24-12(9)17-5-16-7-10(13)14-4-15-11(7)17/h4-6,8-9,12,18H,2-3H2,1H3,(H2,13,14,15)(H2,19,20,21)/t6-,8-,9-,12-/m1/s1. The fourth-order valence-electron chi connectivity index (χ4n) is 2.68. The Balaban J connectivity index is 1.90. The summed E-state index contributed by atoms with van der Waals surface area (Å²) >= 11 is 0. The number of aliphatic hydroxyl groups is 1. The normalized spacial score (nSPS) is 27.2. The number of nitrogens with zero attached hydrogens (tertiary/aromatic N) is 4. The molecule has 0 aromatic carbocycles. The van der Waals surface area contributed by atoms with Gasteiger partial charge in [0.05, 0.1) is 12.9 Å². The monoisotopic (exact) mass is 375 g/mol. The average molecular weight is 375 g/mol. The first-order chi connectivity index (χ1) is 11.8. The molecule has 2 aromatic heterocycles. The summed E-state index contributed by atoms with van der Waals surface area (Å²) < 4.78 is 28.1. The van der Waals surface area contributed by atoms with Gasteiger partial charge in [-0.05, 0) is 6.92 Å². The molecular formula is C12H18N5O7P. The van der Waals surface area contributed by atoms with Crippen LogP contribution in [0.3, 0.4) is 0 Å². The lowest BCUT2D eigenvalue weighted by atomic mass is 10.1. The van der Waals surface area contributed by atoms with E-state index in [0.717, 1.165) is 0 Å². The van der Waals surface area contributed by atoms with E-state index < -0.39 is 39.0 Å². The number of phosphoric ester groups is 1. The first-order valence-electron chi connectivity index (χ1n) is 7.40. The van der Waals surface area contributed by atoms with E-state index in [9.17, 15) is 9.67 Å². The number of aromatic nitrogens is 4. The molecule has 1 aliphatic heterocycles. The molecule has 0 amide bonds. The highest BCUT2D eigenvalue weighted by Gasteiger charge is 2.46. The van der Waals surface area contributed by atoms with Crippen LogP contribution >= 0.6 is 7.82 Å². The van der Waals surface area contributed by atoms with E-state index in [1.54, 1.807) is 6.92 Å². The van der Waals surface area contributed by atoms with Gasteiger partial charge >= 0.3 is 7.82 Å². The topological polar surface area (TPSA) is 175 Å². The Labute approximate surface area is 141 Å². The van der Waals surface area contributed by atoms with Gasteiger partial charge in [-0.1, -0.05) is 0 Å². The maximum Gasteiger partial charge on any atom is 0.469 e. The number of rotatable bonds is 6. The summed E-state index contributed by atoms with van der Waals surface area (Å²) in [7, 11) is -4.69. The van der Waals surface area contributed by atoms with Crippen LogP contribution in [0.25, 0.3) is 11.2 Å². The highest BCUT2D eigenvalue weighted by atomic mass is 31.2. The minimum Gasteiger partial charge on any atom is -0.387 e. The number of nitrogens with two attached hydrogens (primary N) is 1. The zero-order valence-corrected chi connectivity index (χ0v) is 14.1. The molecule has 2 aromatic rings. The van der Waals surface area contributed by atoms with Gasteiger partial charge in [0, 0.05) is 6.61 Å². The Morgan fingerprint density at radius 1 is 1.40 bits per heavy atom. The number of hydrogen-bond acceptors (Lipinski definition) is 9. The summed E-state index contributed by atoms with van der Waals surface area (Å²) in [4.78, 5) is 29.8. The maximum absolute atomic E-state index is 10.9. The van der Waals surface area contributed by atoms with Crippen molar-refractivity contribution >= 4 is 24.8 Å². The highest BCUT2D eigenvalue weighted by Crippen LogP contribution is 2.39. The summed E-state index contributed by atoms with van der Waals surface area (Å²) in [6, 6.07) is 0. The van der Waals surface area contributed by atoms with E-state index in [4.69, 9.17) is 25.0 Å². The number of phosphoric acid groups is 1. The number of nitrogen functional groups attached to an aromatic ring is 1. The SMILES string of the molecule is CCO[C@@H]1[C@H](O)[C@@H](COP(=O)(O)O)O[C@H]1n1cnc2c(N)ncnc21. The molecule has 138 valence electrons. The van der Waals surface area contributed by atoms with E-state index in [-0.39, 0.29) is 12.4 Å². The average Bonchev–Trinajstić information content (AvgIpc) is 3.09. The van der Waals surface area contributed by atoms with Crippen molar-refractivity contribution < 1.29 is 33.5 Å². The molecule has 12 nitrogen and oxygen atoms in total. The van der Waals surface area contributed by atoms with E-state index in [0.29, 0.717) is 11.2 Å². The molecule has 0 bridgehead atoms. The molecule has 5 N–H and O–H groups in total. The largest absolute Gasteiger partial charge is 0.469 e. The maximum atomic E-state index is 10.9. The molecule has 4 atom stereocenters. The summed E-state index contributed by atoms with van der Waals surface area (Å²) in [6.45, 7) is 1.53. The Bertz CT molecular complexity index is 795. The lowest BCUT2D eigenvalue weighted by Gasteiger charge is -2.21. The molecule has 0 unspecified atom stereocenters. The predicted octanol–water partition coefficient (Wildman–Crippen LogP) is -0.819. The van der Waals surface area contributed by atoms with Gasteiger partial charge in [-0.15, -0.1) is 0 Å². The molecule has 25 heavy (non-hydrogen) atoms. The van der Waals surface area contributed by atoms with Gasteiger partial charge in [0.2, 0.25) is 0 Å². The van der Waals surface area contributed by atoms with E-state index in [2.05, 4.69) is 19.5 Å². The second-order valence-corrected chi connectivity index (χ2v) is 6.58. The third-order valence-electron chi connectivity index (χ3n) is 3.74. The molecular weight excluding hydrogens is 357 g/mol. The molecule has 3 rings (SSSR count). The van der Waals surface area contributed by atoms with Crippen LogP contribution in [0.1, 0.15) is 13.2 Å². The first kappa shape index (κ1) is 18.1. The molecule has 1 fully saturated rings. The van der Waals surface area contributed by atoms with Gasteiger partial charge in [-0.2, -0.15) is 0 Å². The zero-order valence-electron chi connectivity index (χ0n) is 13.2. The van der Waals surface area contributed by atoms with Crippen molar-refractivity contribution in [3.8, 4) is 0 Å². The third-order valence-corrected chi connectivity index (χ3v) is 4.23. The molecule has 3 heterocycles. The summed E-state index contributed by atoms with van der Waals surface area (Å²) in [5.74, 6) is 0.191. The minimum atomic E-state index is -4.69. The van der Waals surface area contributed by atoms with Gasteiger partial charge in [-0.25, -0.2) is 19.5 Å². The lowest BCUT2D eigenvalue weighted by Crippen LogP contribution is -2.35. The van der Waals surface area contributed by atoms with Crippen LogP contribution in [-0.4, -0.2) is 65.9 Å². The third kappa shape index (κ3) is 3.65. The van der Waals surface area contributed by atoms with Crippen molar-refractivity contribution in [3.05, 3.63) is 12.7 Å². The Hall–Kier alpha value is -1.66. The van der Waals surface area contributed by atoms with Crippen molar-refractivity contribution in [1.29, 1.82) is 0 Å². The second kappa shape index (κ2) is 6.92. The quantitative estimate of drug-likeness (QED) is 0.464. The Kier molecular flexibility index (Phi) is 5.02. The van der Waals surface area contributed by atoms with E-state index in [1.165, 1.54) is 17.2 Å².